The van der Waals surface area contributed by atoms with E-state index in [1.54, 1.807) is 91.0 Å². The van der Waals surface area contributed by atoms with Gasteiger partial charge in [0.15, 0.2) is 12.2 Å². The van der Waals surface area contributed by atoms with Gasteiger partial charge < -0.3 is 14.2 Å². The van der Waals surface area contributed by atoms with Gasteiger partial charge in [-0.25, -0.2) is 19.2 Å². The molecule has 2 heterocycles. The maximum atomic E-state index is 13.2. The Hall–Kier alpha value is -4.90. The van der Waals surface area contributed by atoms with Crippen LogP contribution in [-0.2, 0) is 14.2 Å². The van der Waals surface area contributed by atoms with E-state index in [1.165, 1.54) is 10.8 Å². The quantitative estimate of drug-likeness (QED) is 0.249. The molecule has 0 aliphatic carbocycles. The molecule has 1 fully saturated rings. The second-order valence-corrected chi connectivity index (χ2v) is 10.4. The van der Waals surface area contributed by atoms with Crippen LogP contribution in [0.4, 0.5) is 0 Å². The first-order valence-corrected chi connectivity index (χ1v) is 13.6. The number of nitrogens with one attached hydrogen (secondary N) is 1. The molecule has 41 heavy (non-hydrogen) atoms. The van der Waals surface area contributed by atoms with Gasteiger partial charge in [-0.2, -0.15) is 0 Å². The number of rotatable bonds is 8. The van der Waals surface area contributed by atoms with Crippen molar-refractivity contribution in [1.29, 1.82) is 0 Å². The highest BCUT2D eigenvalue weighted by atomic mass is 32.2. The first-order chi connectivity index (χ1) is 19.9. The Morgan fingerprint density at radius 3 is 1.68 bits per heavy atom. The van der Waals surface area contributed by atoms with Gasteiger partial charge in [0.1, 0.15) is 12.0 Å². The van der Waals surface area contributed by atoms with Crippen molar-refractivity contribution in [3.05, 3.63) is 141 Å². The normalized spacial score (nSPS) is 19.7. The van der Waals surface area contributed by atoms with Crippen LogP contribution in [0.2, 0.25) is 0 Å². The van der Waals surface area contributed by atoms with E-state index in [4.69, 9.17) is 14.2 Å². The number of hydrogen-bond donors (Lipinski definition) is 1. The molecule has 3 aromatic carbocycles. The van der Waals surface area contributed by atoms with Crippen LogP contribution >= 0.6 is 11.8 Å². The number of H-pyrrole nitrogens is 1. The molecule has 1 N–H and O–H groups in total. The van der Waals surface area contributed by atoms with E-state index in [0.29, 0.717) is 5.56 Å². The van der Waals surface area contributed by atoms with Gasteiger partial charge in [-0.3, -0.25) is 14.3 Å². The molecule has 1 aliphatic rings. The van der Waals surface area contributed by atoms with Crippen LogP contribution in [0.3, 0.4) is 0 Å². The lowest BCUT2D eigenvalue weighted by atomic mass is 10.1. The Labute approximate surface area is 237 Å². The lowest BCUT2D eigenvalue weighted by molar-refractivity contribution is -0.0412. The van der Waals surface area contributed by atoms with Crippen LogP contribution in [0.15, 0.2) is 113 Å². The topological polar surface area (TPSA) is 134 Å². The summed E-state index contributed by atoms with van der Waals surface area (Å²) in [5.74, 6) is -1.99. The predicted molar refractivity (Wildman–Crippen MR) is 150 cm³/mol. The number of nitrogens with zero attached hydrogens (tertiary/aromatic N) is 1. The maximum absolute atomic E-state index is 13.2. The largest absolute Gasteiger partial charge is 0.461 e. The van der Waals surface area contributed by atoms with E-state index in [0.717, 1.165) is 17.8 Å². The van der Waals surface area contributed by atoms with Crippen molar-refractivity contribution in [2.45, 2.75) is 22.8 Å². The summed E-state index contributed by atoms with van der Waals surface area (Å²) in [7, 11) is 0. The predicted octanol–water partition coefficient (Wildman–Crippen LogP) is 3.46. The fraction of sp³-hybridized carbons (Fsp3) is 0.167. The summed E-state index contributed by atoms with van der Waals surface area (Å²) in [6.45, 7) is -0.223. The fourth-order valence-electron chi connectivity index (χ4n) is 4.31. The number of aromatic amines is 1. The van der Waals surface area contributed by atoms with Crippen LogP contribution in [0.25, 0.3) is 0 Å². The van der Waals surface area contributed by atoms with Crippen molar-refractivity contribution in [1.82, 2.24) is 9.55 Å². The summed E-state index contributed by atoms with van der Waals surface area (Å²) in [4.78, 5) is 65.8. The standard InChI is InChI=1S/C30H24N2O8S/c33-23-16-17-32(30(37)31-23)26-25(40-29(36)21-14-8-3-9-15-21)24(39-28(35)20-12-6-2-7-13-20)22(41-26)18-38-27(34)19-10-4-1-5-11-19/h1-17,22,24-26H,18H2,(H,31,33,37)/t22-,24-,25-,26-/m1/s1. The number of esters is 3. The Morgan fingerprint density at radius 1 is 0.683 bits per heavy atom. The van der Waals surface area contributed by atoms with E-state index in [9.17, 15) is 24.0 Å². The zero-order valence-electron chi connectivity index (χ0n) is 21.5. The van der Waals surface area contributed by atoms with Gasteiger partial charge in [0.25, 0.3) is 5.56 Å². The van der Waals surface area contributed by atoms with Crippen LogP contribution in [0.5, 0.6) is 0 Å². The van der Waals surface area contributed by atoms with Crippen LogP contribution in [-0.4, -0.2) is 51.5 Å². The molecule has 4 aromatic rings. The smallest absolute Gasteiger partial charge is 0.338 e. The molecule has 1 saturated heterocycles. The molecular formula is C30H24N2O8S. The van der Waals surface area contributed by atoms with Crippen LogP contribution < -0.4 is 11.2 Å². The SMILES string of the molecule is O=C(OC[C@H]1S[C@@H](n2ccc(=O)[nH]c2=O)[C@H](OC(=O)c2ccccc2)[C@@H]1OC(=O)c1ccccc1)c1ccccc1. The minimum absolute atomic E-state index is 0.223. The number of aromatic nitrogens is 2. The fourth-order valence-corrected chi connectivity index (χ4v) is 5.84. The molecule has 1 aliphatic heterocycles. The molecule has 4 atom stereocenters. The summed E-state index contributed by atoms with van der Waals surface area (Å²) >= 11 is 1.12. The molecule has 5 rings (SSSR count). The lowest BCUT2D eigenvalue weighted by Crippen LogP contribution is -2.43. The van der Waals surface area contributed by atoms with Crippen molar-refractivity contribution in [2.75, 3.05) is 6.61 Å². The molecule has 0 radical (unpaired) electrons. The van der Waals surface area contributed by atoms with Crippen molar-refractivity contribution in [2.24, 2.45) is 0 Å². The highest BCUT2D eigenvalue weighted by Crippen LogP contribution is 2.45. The van der Waals surface area contributed by atoms with E-state index >= 15 is 0 Å². The molecule has 0 spiro atoms. The van der Waals surface area contributed by atoms with Gasteiger partial charge in [-0.05, 0) is 36.4 Å². The summed E-state index contributed by atoms with van der Waals surface area (Å²) < 4.78 is 18.5. The monoisotopic (exact) mass is 572 g/mol. The minimum Gasteiger partial charge on any atom is -0.461 e. The molecular weight excluding hydrogens is 548 g/mol. The number of carbonyl (C=O) groups is 3. The summed E-state index contributed by atoms with van der Waals surface area (Å²) in [5.41, 5.74) is -0.514. The summed E-state index contributed by atoms with van der Waals surface area (Å²) in [5, 5.41) is -1.67. The first kappa shape index (κ1) is 27.7. The van der Waals surface area contributed by atoms with E-state index in [-0.39, 0.29) is 17.7 Å². The number of thioether (sulfide) groups is 1. The summed E-state index contributed by atoms with van der Waals surface area (Å²) in [6, 6.07) is 26.0. The molecule has 11 heteroatoms. The third-order valence-corrected chi connectivity index (χ3v) is 7.83. The average Bonchev–Trinajstić information content (AvgIpc) is 3.33. The average molecular weight is 573 g/mol. The molecule has 10 nitrogen and oxygen atoms in total. The Balaban J connectivity index is 1.50. The van der Waals surface area contributed by atoms with Crippen LogP contribution in [0, 0.1) is 0 Å². The Kier molecular flexibility index (Phi) is 8.44. The lowest BCUT2D eigenvalue weighted by Gasteiger charge is -2.26. The number of ether oxygens (including phenoxy) is 3. The van der Waals surface area contributed by atoms with Crippen molar-refractivity contribution >= 4 is 29.7 Å². The number of benzene rings is 3. The molecule has 0 amide bonds. The second kappa shape index (κ2) is 12.5. The highest BCUT2D eigenvalue weighted by Gasteiger charge is 2.51. The molecule has 1 aromatic heterocycles. The third-order valence-electron chi connectivity index (χ3n) is 6.30. The van der Waals surface area contributed by atoms with Crippen molar-refractivity contribution in [3.8, 4) is 0 Å². The maximum Gasteiger partial charge on any atom is 0.338 e. The van der Waals surface area contributed by atoms with Crippen molar-refractivity contribution in [3.63, 3.8) is 0 Å². The van der Waals surface area contributed by atoms with Gasteiger partial charge >= 0.3 is 23.6 Å². The molecule has 0 bridgehead atoms. The minimum atomic E-state index is -1.19. The first-order valence-electron chi connectivity index (χ1n) is 12.6. The van der Waals surface area contributed by atoms with Crippen LogP contribution in [0.1, 0.15) is 36.4 Å². The zero-order valence-corrected chi connectivity index (χ0v) is 22.3. The molecule has 208 valence electrons. The summed E-state index contributed by atoms with van der Waals surface area (Å²) in [6.07, 6.45) is -1.05. The van der Waals surface area contributed by atoms with Gasteiger partial charge in [-0.15, -0.1) is 11.8 Å². The van der Waals surface area contributed by atoms with Crippen molar-refractivity contribution < 1.29 is 28.6 Å². The zero-order chi connectivity index (χ0) is 28.8. The van der Waals surface area contributed by atoms with Gasteiger partial charge in [-0.1, -0.05) is 54.6 Å². The number of hydrogen-bond acceptors (Lipinski definition) is 9. The van der Waals surface area contributed by atoms with Gasteiger partial charge in [0.2, 0.25) is 0 Å². The second-order valence-electron chi connectivity index (χ2n) is 9.02. The molecule has 0 saturated carbocycles. The third kappa shape index (κ3) is 6.47. The highest BCUT2D eigenvalue weighted by molar-refractivity contribution is 8.00. The number of carbonyl (C=O) groups excluding carboxylic acids is 3. The van der Waals surface area contributed by atoms with E-state index in [1.807, 2.05) is 0 Å². The van der Waals surface area contributed by atoms with Gasteiger partial charge in [0.05, 0.1) is 21.9 Å². The van der Waals surface area contributed by atoms with Gasteiger partial charge in [0, 0.05) is 12.3 Å². The Bertz CT molecular complexity index is 1640. The Morgan fingerprint density at radius 2 is 1.17 bits per heavy atom. The van der Waals surface area contributed by atoms with E-state index in [2.05, 4.69) is 4.98 Å². The van der Waals surface area contributed by atoms with E-state index < -0.39 is 52.0 Å². The molecule has 0 unspecified atom stereocenters.